The van der Waals surface area contributed by atoms with Gasteiger partial charge in [-0.2, -0.15) is 0 Å². The molecule has 0 radical (unpaired) electrons. The van der Waals surface area contributed by atoms with E-state index < -0.39 is 17.8 Å². The van der Waals surface area contributed by atoms with Crippen molar-refractivity contribution < 1.29 is 14.0 Å². The molecule has 0 aliphatic carbocycles. The molecule has 0 saturated carbocycles. The van der Waals surface area contributed by atoms with Crippen LogP contribution in [0.4, 0.5) is 20.6 Å². The fourth-order valence-electron chi connectivity index (χ4n) is 2.63. The van der Waals surface area contributed by atoms with E-state index in [-0.39, 0.29) is 12.2 Å². The first-order valence-corrected chi connectivity index (χ1v) is 7.32. The normalized spacial score (nSPS) is 12.7. The molecule has 2 aromatic carbocycles. The van der Waals surface area contributed by atoms with Crippen molar-refractivity contribution in [3.63, 3.8) is 0 Å². The minimum atomic E-state index is -0.743. The van der Waals surface area contributed by atoms with Crippen molar-refractivity contribution >= 4 is 23.3 Å². The van der Waals surface area contributed by atoms with Crippen molar-refractivity contribution in [3.05, 3.63) is 59.9 Å². The van der Waals surface area contributed by atoms with Gasteiger partial charge in [0.2, 0.25) is 5.91 Å². The predicted molar refractivity (Wildman–Crippen MR) is 85.9 cm³/mol. The zero-order valence-corrected chi connectivity index (χ0v) is 12.4. The Morgan fingerprint density at radius 3 is 2.65 bits per heavy atom. The minimum absolute atomic E-state index is 0.0318. The molecule has 0 atom stereocenters. The third-order valence-electron chi connectivity index (χ3n) is 3.69. The second-order valence-corrected chi connectivity index (χ2v) is 5.28. The lowest BCUT2D eigenvalue weighted by Gasteiger charge is -2.18. The lowest BCUT2D eigenvalue weighted by molar-refractivity contribution is -0.118. The Bertz CT molecular complexity index is 748. The van der Waals surface area contributed by atoms with E-state index in [1.807, 2.05) is 29.2 Å². The van der Waals surface area contributed by atoms with Crippen LogP contribution in [0, 0.1) is 5.82 Å². The van der Waals surface area contributed by atoms with Gasteiger partial charge in [0.15, 0.2) is 0 Å². The first-order valence-electron chi connectivity index (χ1n) is 7.32. The number of fused-ring (bicyclic) bond motifs is 1. The summed E-state index contributed by atoms with van der Waals surface area (Å²) in [4.78, 5) is 25.7. The molecule has 2 aromatic rings. The average Bonchev–Trinajstić information content (AvgIpc) is 2.93. The van der Waals surface area contributed by atoms with Crippen molar-refractivity contribution in [1.29, 1.82) is 0 Å². The van der Waals surface area contributed by atoms with E-state index >= 15 is 0 Å². The number of urea groups is 1. The Labute approximate surface area is 133 Å². The van der Waals surface area contributed by atoms with Crippen LogP contribution in [0.1, 0.15) is 5.56 Å². The molecule has 3 rings (SSSR count). The summed E-state index contributed by atoms with van der Waals surface area (Å²) in [6.07, 6.45) is 0.880. The second kappa shape index (κ2) is 6.48. The van der Waals surface area contributed by atoms with Crippen LogP contribution in [0.25, 0.3) is 0 Å². The summed E-state index contributed by atoms with van der Waals surface area (Å²) in [5, 5.41) is 4.54. The van der Waals surface area contributed by atoms with E-state index in [0.29, 0.717) is 0 Å². The number of halogens is 1. The quantitative estimate of drug-likeness (QED) is 0.915. The van der Waals surface area contributed by atoms with E-state index in [2.05, 4.69) is 10.6 Å². The Kier molecular flexibility index (Phi) is 4.23. The lowest BCUT2D eigenvalue weighted by Crippen LogP contribution is -2.41. The highest BCUT2D eigenvalue weighted by molar-refractivity contribution is 6.02. The minimum Gasteiger partial charge on any atom is -0.362 e. The van der Waals surface area contributed by atoms with Crippen molar-refractivity contribution in [2.75, 3.05) is 23.3 Å². The Morgan fingerprint density at radius 2 is 1.83 bits per heavy atom. The molecule has 0 aromatic heterocycles. The maximum Gasteiger partial charge on any atom is 0.326 e. The van der Waals surface area contributed by atoms with Gasteiger partial charge in [0.05, 0.1) is 12.2 Å². The first kappa shape index (κ1) is 15.0. The molecule has 5 nitrogen and oxygen atoms in total. The highest BCUT2D eigenvalue weighted by Crippen LogP contribution is 2.26. The van der Waals surface area contributed by atoms with Crippen molar-refractivity contribution in [2.24, 2.45) is 0 Å². The number of amides is 3. The molecule has 1 aliphatic rings. The van der Waals surface area contributed by atoms with E-state index in [1.165, 1.54) is 23.8 Å². The predicted octanol–water partition coefficient (Wildman–Crippen LogP) is 2.54. The summed E-state index contributed by atoms with van der Waals surface area (Å²) < 4.78 is 13.4. The number of imide groups is 1. The number of anilines is 2. The van der Waals surface area contributed by atoms with Gasteiger partial charge in [-0.15, -0.1) is 0 Å². The molecule has 1 heterocycles. The van der Waals surface area contributed by atoms with E-state index in [4.69, 9.17) is 0 Å². The number of carbonyl (C=O) groups is 2. The molecule has 0 fully saturated rings. The van der Waals surface area contributed by atoms with Gasteiger partial charge in [-0.05, 0) is 30.2 Å². The second-order valence-electron chi connectivity index (χ2n) is 5.28. The van der Waals surface area contributed by atoms with Crippen LogP contribution in [0.3, 0.4) is 0 Å². The van der Waals surface area contributed by atoms with Crippen LogP contribution < -0.4 is 15.5 Å². The SMILES string of the molecule is O=C(CN1CCc2ccccc21)NC(=O)Nc1ccccc1F. The van der Waals surface area contributed by atoms with Gasteiger partial charge in [0.25, 0.3) is 0 Å². The number of hydrogen-bond donors (Lipinski definition) is 2. The van der Waals surface area contributed by atoms with Gasteiger partial charge in [0.1, 0.15) is 5.82 Å². The molecule has 23 heavy (non-hydrogen) atoms. The standard InChI is InChI=1S/C17H16FN3O2/c18-13-6-2-3-7-14(13)19-17(23)20-16(22)11-21-10-9-12-5-1-4-8-15(12)21/h1-8H,9-11H2,(H2,19,20,22,23). The molecule has 3 amide bonds. The first-order chi connectivity index (χ1) is 11.1. The molecule has 0 saturated heterocycles. The third kappa shape index (κ3) is 3.48. The van der Waals surface area contributed by atoms with Gasteiger partial charge in [-0.25, -0.2) is 9.18 Å². The molecule has 6 heteroatoms. The molecular formula is C17H16FN3O2. The zero-order valence-electron chi connectivity index (χ0n) is 12.4. The van der Waals surface area contributed by atoms with E-state index in [0.717, 1.165) is 18.7 Å². The van der Waals surface area contributed by atoms with Crippen LogP contribution in [0.5, 0.6) is 0 Å². The van der Waals surface area contributed by atoms with Crippen LogP contribution in [-0.2, 0) is 11.2 Å². The van der Waals surface area contributed by atoms with Crippen LogP contribution in [0.2, 0.25) is 0 Å². The van der Waals surface area contributed by atoms with E-state index in [9.17, 15) is 14.0 Å². The zero-order chi connectivity index (χ0) is 16.2. The van der Waals surface area contributed by atoms with Gasteiger partial charge < -0.3 is 10.2 Å². The maximum atomic E-state index is 13.4. The number of nitrogens with one attached hydrogen (secondary N) is 2. The van der Waals surface area contributed by atoms with Crippen molar-refractivity contribution in [2.45, 2.75) is 6.42 Å². The number of para-hydroxylation sites is 2. The number of benzene rings is 2. The average molecular weight is 313 g/mol. The maximum absolute atomic E-state index is 13.4. The summed E-state index contributed by atoms with van der Waals surface area (Å²) in [5.74, 6) is -0.987. The topological polar surface area (TPSA) is 61.4 Å². The van der Waals surface area contributed by atoms with Crippen LogP contribution >= 0.6 is 0 Å². The molecule has 118 valence electrons. The number of rotatable bonds is 3. The smallest absolute Gasteiger partial charge is 0.326 e. The van der Waals surface area contributed by atoms with Gasteiger partial charge in [-0.1, -0.05) is 30.3 Å². The molecule has 1 aliphatic heterocycles. The highest BCUT2D eigenvalue weighted by atomic mass is 19.1. The summed E-state index contributed by atoms with van der Waals surface area (Å²) in [5.41, 5.74) is 2.23. The summed E-state index contributed by atoms with van der Waals surface area (Å²) in [6.45, 7) is 0.823. The largest absolute Gasteiger partial charge is 0.362 e. The van der Waals surface area contributed by atoms with Gasteiger partial charge >= 0.3 is 6.03 Å². The van der Waals surface area contributed by atoms with Crippen LogP contribution in [-0.4, -0.2) is 25.0 Å². The lowest BCUT2D eigenvalue weighted by atomic mass is 10.2. The molecule has 0 unspecified atom stereocenters. The van der Waals surface area contributed by atoms with Gasteiger partial charge in [-0.3, -0.25) is 10.1 Å². The molecule has 0 bridgehead atoms. The Balaban J connectivity index is 1.56. The summed E-state index contributed by atoms with van der Waals surface area (Å²) >= 11 is 0. The number of hydrogen-bond acceptors (Lipinski definition) is 3. The molecule has 0 spiro atoms. The van der Waals surface area contributed by atoms with Crippen molar-refractivity contribution in [3.8, 4) is 0 Å². The molecular weight excluding hydrogens is 297 g/mol. The summed E-state index contributed by atoms with van der Waals surface area (Å²) in [7, 11) is 0. The monoisotopic (exact) mass is 313 g/mol. The Morgan fingerprint density at radius 1 is 1.09 bits per heavy atom. The van der Waals surface area contributed by atoms with Crippen LogP contribution in [0.15, 0.2) is 48.5 Å². The van der Waals surface area contributed by atoms with Crippen molar-refractivity contribution in [1.82, 2.24) is 5.32 Å². The Hall–Kier alpha value is -2.89. The van der Waals surface area contributed by atoms with Gasteiger partial charge in [0, 0.05) is 12.2 Å². The highest BCUT2D eigenvalue weighted by Gasteiger charge is 2.21. The molecule has 2 N–H and O–H groups in total. The van der Waals surface area contributed by atoms with E-state index in [1.54, 1.807) is 6.07 Å². The fraction of sp³-hybridized carbons (Fsp3) is 0.176. The number of nitrogens with zero attached hydrogens (tertiary/aromatic N) is 1. The number of carbonyl (C=O) groups excluding carboxylic acids is 2. The summed E-state index contributed by atoms with van der Waals surface area (Å²) in [6, 6.07) is 12.9. The third-order valence-corrected chi connectivity index (χ3v) is 3.69. The fourth-order valence-corrected chi connectivity index (χ4v) is 2.63.